The minimum atomic E-state index is -0.132. The molecular weight excluding hydrogens is 321 g/mol. The fraction of sp³-hybridized carbons (Fsp3) is 0.625. The van der Waals surface area contributed by atoms with Crippen molar-refractivity contribution in [3.8, 4) is 0 Å². The van der Waals surface area contributed by atoms with Gasteiger partial charge < -0.3 is 10.1 Å². The van der Waals surface area contributed by atoms with E-state index in [2.05, 4.69) is 21.2 Å². The quantitative estimate of drug-likeness (QED) is 0.889. The van der Waals surface area contributed by atoms with Crippen LogP contribution in [0.5, 0.6) is 0 Å². The maximum atomic E-state index is 14.2. The standard InChI is InChI=1S/C16H21BrFNO/c1-19-15(14-12(17)4-2-5-13(14)18)11-6-9-20-16(10-11)7-3-8-16/h2,4-5,11,15,19H,3,6-10H2,1H3. The number of ether oxygens (including phenoxy) is 1. The second-order valence-electron chi connectivity index (χ2n) is 6.04. The lowest BCUT2D eigenvalue weighted by molar-refractivity contribution is -0.147. The molecule has 3 rings (SSSR count). The molecule has 1 aromatic carbocycles. The van der Waals surface area contributed by atoms with Crippen LogP contribution >= 0.6 is 15.9 Å². The van der Waals surface area contributed by atoms with Crippen LogP contribution in [-0.2, 0) is 4.74 Å². The maximum absolute atomic E-state index is 14.2. The van der Waals surface area contributed by atoms with Gasteiger partial charge in [0.1, 0.15) is 5.82 Å². The summed E-state index contributed by atoms with van der Waals surface area (Å²) in [6, 6.07) is 5.25. The fourth-order valence-corrected chi connectivity index (χ4v) is 4.28. The summed E-state index contributed by atoms with van der Waals surface area (Å²) in [7, 11) is 1.92. The van der Waals surface area contributed by atoms with Crippen molar-refractivity contribution in [1.29, 1.82) is 0 Å². The monoisotopic (exact) mass is 341 g/mol. The molecule has 0 bridgehead atoms. The van der Waals surface area contributed by atoms with Crippen LogP contribution in [0.3, 0.4) is 0 Å². The van der Waals surface area contributed by atoms with Gasteiger partial charge >= 0.3 is 0 Å². The Morgan fingerprint density at radius 3 is 2.85 bits per heavy atom. The molecule has 2 nitrogen and oxygen atoms in total. The van der Waals surface area contributed by atoms with Crippen LogP contribution in [0.2, 0.25) is 0 Å². The SMILES string of the molecule is CNC(c1c(F)cccc1Br)C1CCOC2(CCC2)C1. The zero-order valence-corrected chi connectivity index (χ0v) is 13.4. The molecule has 4 heteroatoms. The van der Waals surface area contributed by atoms with Crippen molar-refractivity contribution >= 4 is 15.9 Å². The molecule has 2 fully saturated rings. The first kappa shape index (κ1) is 14.5. The van der Waals surface area contributed by atoms with E-state index < -0.39 is 0 Å². The molecule has 1 aromatic rings. The normalized spacial score (nSPS) is 26.2. The highest BCUT2D eigenvalue weighted by molar-refractivity contribution is 9.10. The summed E-state index contributed by atoms with van der Waals surface area (Å²) >= 11 is 3.50. The minimum Gasteiger partial charge on any atom is -0.375 e. The van der Waals surface area contributed by atoms with Gasteiger partial charge in [0.2, 0.25) is 0 Å². The van der Waals surface area contributed by atoms with E-state index in [1.807, 2.05) is 13.1 Å². The number of nitrogens with one attached hydrogen (secondary N) is 1. The van der Waals surface area contributed by atoms with Gasteiger partial charge in [0.25, 0.3) is 0 Å². The number of benzene rings is 1. The van der Waals surface area contributed by atoms with Gasteiger partial charge in [-0.15, -0.1) is 0 Å². The molecule has 0 aromatic heterocycles. The molecule has 1 aliphatic carbocycles. The zero-order chi connectivity index (χ0) is 14.2. The zero-order valence-electron chi connectivity index (χ0n) is 11.8. The third kappa shape index (κ3) is 2.53. The van der Waals surface area contributed by atoms with Crippen molar-refractivity contribution in [2.75, 3.05) is 13.7 Å². The Balaban J connectivity index is 1.86. The van der Waals surface area contributed by atoms with Crippen LogP contribution in [0.1, 0.15) is 43.7 Å². The summed E-state index contributed by atoms with van der Waals surface area (Å²) in [5.41, 5.74) is 0.854. The highest BCUT2D eigenvalue weighted by Crippen LogP contribution is 2.47. The van der Waals surface area contributed by atoms with E-state index in [0.717, 1.165) is 29.5 Å². The van der Waals surface area contributed by atoms with Gasteiger partial charge in [0.05, 0.1) is 5.60 Å². The molecule has 2 atom stereocenters. The first-order valence-corrected chi connectivity index (χ1v) is 8.20. The van der Waals surface area contributed by atoms with Crippen LogP contribution in [0.15, 0.2) is 22.7 Å². The molecule has 1 saturated heterocycles. The average molecular weight is 342 g/mol. The molecular formula is C16H21BrFNO. The van der Waals surface area contributed by atoms with Crippen molar-refractivity contribution in [3.05, 3.63) is 34.1 Å². The van der Waals surface area contributed by atoms with Crippen molar-refractivity contribution in [1.82, 2.24) is 5.32 Å². The number of rotatable bonds is 3. The Kier molecular flexibility index (Phi) is 4.16. The van der Waals surface area contributed by atoms with Crippen LogP contribution in [0.25, 0.3) is 0 Å². The predicted octanol–water partition coefficient (Wildman–Crippen LogP) is 4.20. The molecule has 110 valence electrons. The Labute approximate surface area is 128 Å². The first-order valence-electron chi connectivity index (χ1n) is 7.40. The lowest BCUT2D eigenvalue weighted by Gasteiger charge is -2.49. The summed E-state index contributed by atoms with van der Waals surface area (Å²) in [6.45, 7) is 0.801. The van der Waals surface area contributed by atoms with Crippen molar-refractivity contribution < 1.29 is 9.13 Å². The van der Waals surface area contributed by atoms with Crippen molar-refractivity contribution in [2.45, 2.75) is 43.7 Å². The Bertz CT molecular complexity index is 469. The lowest BCUT2D eigenvalue weighted by Crippen LogP contribution is -2.47. The van der Waals surface area contributed by atoms with Gasteiger partial charge in [0.15, 0.2) is 0 Å². The van der Waals surface area contributed by atoms with Gasteiger partial charge in [-0.25, -0.2) is 4.39 Å². The van der Waals surface area contributed by atoms with E-state index in [1.165, 1.54) is 19.3 Å². The maximum Gasteiger partial charge on any atom is 0.129 e. The number of hydrogen-bond acceptors (Lipinski definition) is 2. The summed E-state index contributed by atoms with van der Waals surface area (Å²) in [6.07, 6.45) is 5.63. The smallest absolute Gasteiger partial charge is 0.129 e. The molecule has 1 saturated carbocycles. The Morgan fingerprint density at radius 2 is 2.25 bits per heavy atom. The van der Waals surface area contributed by atoms with Crippen LogP contribution in [0.4, 0.5) is 4.39 Å². The van der Waals surface area contributed by atoms with E-state index in [4.69, 9.17) is 4.74 Å². The average Bonchev–Trinajstić information content (AvgIpc) is 2.41. The van der Waals surface area contributed by atoms with Crippen LogP contribution < -0.4 is 5.32 Å². The molecule has 1 N–H and O–H groups in total. The number of hydrogen-bond donors (Lipinski definition) is 1. The summed E-state index contributed by atoms with van der Waals surface area (Å²) < 4.78 is 21.1. The second kappa shape index (κ2) is 5.74. The summed E-state index contributed by atoms with van der Waals surface area (Å²) in [5, 5.41) is 3.33. The Morgan fingerprint density at radius 1 is 1.45 bits per heavy atom. The van der Waals surface area contributed by atoms with Crippen LogP contribution in [0, 0.1) is 11.7 Å². The largest absolute Gasteiger partial charge is 0.375 e. The highest BCUT2D eigenvalue weighted by atomic mass is 79.9. The highest BCUT2D eigenvalue weighted by Gasteiger charge is 2.44. The lowest BCUT2D eigenvalue weighted by atomic mass is 9.69. The van der Waals surface area contributed by atoms with Crippen molar-refractivity contribution in [3.63, 3.8) is 0 Å². The van der Waals surface area contributed by atoms with E-state index in [9.17, 15) is 4.39 Å². The Hall–Kier alpha value is -0.450. The topological polar surface area (TPSA) is 21.3 Å². The van der Waals surface area contributed by atoms with E-state index in [0.29, 0.717) is 5.92 Å². The number of halogens is 2. The molecule has 1 heterocycles. The summed E-state index contributed by atoms with van der Waals surface area (Å²) in [4.78, 5) is 0. The molecule has 1 spiro atoms. The van der Waals surface area contributed by atoms with Gasteiger partial charge in [-0.1, -0.05) is 22.0 Å². The van der Waals surface area contributed by atoms with E-state index in [-0.39, 0.29) is 17.5 Å². The van der Waals surface area contributed by atoms with E-state index in [1.54, 1.807) is 12.1 Å². The van der Waals surface area contributed by atoms with Gasteiger partial charge in [0, 0.05) is 22.7 Å². The third-order valence-corrected chi connectivity index (χ3v) is 5.58. The first-order chi connectivity index (χ1) is 9.65. The second-order valence-corrected chi connectivity index (χ2v) is 6.89. The van der Waals surface area contributed by atoms with E-state index >= 15 is 0 Å². The molecule has 2 aliphatic rings. The molecule has 1 aliphatic heterocycles. The fourth-order valence-electron chi connectivity index (χ4n) is 3.69. The molecule has 0 radical (unpaired) electrons. The predicted molar refractivity (Wildman–Crippen MR) is 81.2 cm³/mol. The van der Waals surface area contributed by atoms with Gasteiger partial charge in [-0.2, -0.15) is 0 Å². The molecule has 2 unspecified atom stereocenters. The van der Waals surface area contributed by atoms with Crippen LogP contribution in [-0.4, -0.2) is 19.3 Å². The van der Waals surface area contributed by atoms with Crippen molar-refractivity contribution in [2.24, 2.45) is 5.92 Å². The third-order valence-electron chi connectivity index (χ3n) is 4.89. The minimum absolute atomic E-state index is 0.0481. The molecule has 0 amide bonds. The van der Waals surface area contributed by atoms with Gasteiger partial charge in [-0.3, -0.25) is 0 Å². The summed E-state index contributed by atoms with van der Waals surface area (Å²) in [5.74, 6) is 0.301. The molecule has 20 heavy (non-hydrogen) atoms. The van der Waals surface area contributed by atoms with Gasteiger partial charge in [-0.05, 0) is 57.2 Å².